The molecular formula is C23H24FN5OS. The lowest BCUT2D eigenvalue weighted by Crippen LogP contribution is -2.31. The van der Waals surface area contributed by atoms with Gasteiger partial charge in [-0.25, -0.2) is 9.07 Å². The molecule has 8 heteroatoms. The number of hydrogen-bond donors (Lipinski definition) is 2. The van der Waals surface area contributed by atoms with Crippen molar-refractivity contribution in [1.29, 1.82) is 0 Å². The molecule has 1 aliphatic rings. The fourth-order valence-electron chi connectivity index (χ4n) is 3.64. The smallest absolute Gasteiger partial charge is 0.248 e. The predicted molar refractivity (Wildman–Crippen MR) is 120 cm³/mol. The number of anilines is 1. The van der Waals surface area contributed by atoms with E-state index < -0.39 is 11.9 Å². The Labute approximate surface area is 184 Å². The molecule has 0 radical (unpaired) electrons. The highest BCUT2D eigenvalue weighted by Crippen LogP contribution is 2.36. The minimum absolute atomic E-state index is 0.256. The highest BCUT2D eigenvalue weighted by Gasteiger charge is 2.33. The van der Waals surface area contributed by atoms with Gasteiger partial charge in [0.25, 0.3) is 0 Å². The Morgan fingerprint density at radius 2 is 1.94 bits per heavy atom. The van der Waals surface area contributed by atoms with Gasteiger partial charge >= 0.3 is 0 Å². The summed E-state index contributed by atoms with van der Waals surface area (Å²) in [5.74, 6) is 0.562. The molecule has 1 amide bonds. The molecule has 0 aliphatic carbocycles. The van der Waals surface area contributed by atoms with Crippen molar-refractivity contribution in [2.75, 3.05) is 5.32 Å². The molecule has 0 saturated heterocycles. The van der Waals surface area contributed by atoms with Gasteiger partial charge in [0.05, 0.1) is 5.57 Å². The van der Waals surface area contributed by atoms with Crippen LogP contribution in [0, 0.1) is 5.82 Å². The second-order valence-electron chi connectivity index (χ2n) is 7.79. The standard InChI is InChI=1S/C23H24FN5OS/c1-13(2)15-8-10-16(11-9-15)20-19(21(25)30)14(3)26-22-27-23(28-29(20)22)31-12-17-6-4-5-7-18(17)24/h4-11,13,20H,12H2,1-3H3,(H2,25,30)(H,26,27,28)/t20-/m0/s1. The summed E-state index contributed by atoms with van der Waals surface area (Å²) < 4.78 is 15.6. The first-order valence-electron chi connectivity index (χ1n) is 10.1. The zero-order valence-corrected chi connectivity index (χ0v) is 18.4. The number of primary amides is 1. The molecule has 1 atom stereocenters. The van der Waals surface area contributed by atoms with Crippen LogP contribution in [0.15, 0.2) is 65.0 Å². The first kappa shape index (κ1) is 21.1. The van der Waals surface area contributed by atoms with E-state index in [1.807, 2.05) is 12.1 Å². The number of nitrogens with two attached hydrogens (primary N) is 1. The summed E-state index contributed by atoms with van der Waals surface area (Å²) in [6.07, 6.45) is 0. The van der Waals surface area contributed by atoms with Gasteiger partial charge in [-0.3, -0.25) is 4.79 Å². The number of nitrogens with zero attached hydrogens (tertiary/aromatic N) is 3. The maximum atomic E-state index is 14.0. The summed E-state index contributed by atoms with van der Waals surface area (Å²) >= 11 is 1.34. The largest absolute Gasteiger partial charge is 0.366 e. The van der Waals surface area contributed by atoms with E-state index in [9.17, 15) is 9.18 Å². The average Bonchev–Trinajstić information content (AvgIpc) is 3.14. The zero-order valence-electron chi connectivity index (χ0n) is 17.6. The molecule has 160 valence electrons. The van der Waals surface area contributed by atoms with Gasteiger partial charge in [0.1, 0.15) is 11.9 Å². The van der Waals surface area contributed by atoms with E-state index in [1.165, 1.54) is 23.4 Å². The van der Waals surface area contributed by atoms with Gasteiger partial charge < -0.3 is 11.1 Å². The van der Waals surface area contributed by atoms with Gasteiger partial charge in [-0.2, -0.15) is 4.98 Å². The number of rotatable bonds is 6. The van der Waals surface area contributed by atoms with Gasteiger partial charge in [-0.05, 0) is 35.6 Å². The minimum atomic E-state index is -0.510. The van der Waals surface area contributed by atoms with Gasteiger partial charge in [-0.1, -0.05) is 68.1 Å². The first-order chi connectivity index (χ1) is 14.8. The molecule has 1 aliphatic heterocycles. The topological polar surface area (TPSA) is 85.8 Å². The van der Waals surface area contributed by atoms with Crippen LogP contribution in [-0.4, -0.2) is 20.7 Å². The quantitative estimate of drug-likeness (QED) is 0.550. The molecule has 2 aromatic carbocycles. The van der Waals surface area contributed by atoms with E-state index in [0.29, 0.717) is 39.6 Å². The van der Waals surface area contributed by atoms with Gasteiger partial charge in [0.15, 0.2) is 0 Å². The molecule has 4 rings (SSSR count). The Morgan fingerprint density at radius 3 is 2.58 bits per heavy atom. The summed E-state index contributed by atoms with van der Waals surface area (Å²) in [5.41, 5.74) is 9.52. The molecule has 3 N–H and O–H groups in total. The number of carbonyl (C=O) groups excluding carboxylic acids is 1. The third kappa shape index (κ3) is 4.20. The Hall–Kier alpha value is -3.13. The summed E-state index contributed by atoms with van der Waals surface area (Å²) in [6, 6.07) is 14.3. The third-order valence-corrected chi connectivity index (χ3v) is 6.22. The number of aromatic nitrogens is 3. The molecule has 6 nitrogen and oxygen atoms in total. The number of fused-ring (bicyclic) bond motifs is 1. The minimum Gasteiger partial charge on any atom is -0.366 e. The van der Waals surface area contributed by atoms with E-state index in [-0.39, 0.29) is 5.82 Å². The van der Waals surface area contributed by atoms with E-state index in [0.717, 1.165) is 5.56 Å². The van der Waals surface area contributed by atoms with Crippen molar-refractivity contribution >= 4 is 23.6 Å². The van der Waals surface area contributed by atoms with Crippen LogP contribution in [-0.2, 0) is 10.5 Å². The molecule has 0 unspecified atom stereocenters. The van der Waals surface area contributed by atoms with Crippen molar-refractivity contribution < 1.29 is 9.18 Å². The molecule has 1 aromatic heterocycles. The summed E-state index contributed by atoms with van der Waals surface area (Å²) in [6.45, 7) is 6.07. The van der Waals surface area contributed by atoms with Crippen LogP contribution in [0.5, 0.6) is 0 Å². The Kier molecular flexibility index (Phi) is 5.82. The zero-order chi connectivity index (χ0) is 22.1. The van der Waals surface area contributed by atoms with Gasteiger partial charge in [0.2, 0.25) is 17.0 Å². The highest BCUT2D eigenvalue weighted by atomic mass is 32.2. The van der Waals surface area contributed by atoms with Gasteiger partial charge in [-0.15, -0.1) is 5.10 Å². The van der Waals surface area contributed by atoms with Crippen molar-refractivity contribution in [3.63, 3.8) is 0 Å². The number of benzene rings is 2. The van der Waals surface area contributed by atoms with Crippen LogP contribution in [0.1, 0.15) is 49.4 Å². The Bertz CT molecular complexity index is 1150. The van der Waals surface area contributed by atoms with Crippen LogP contribution in [0.25, 0.3) is 0 Å². The van der Waals surface area contributed by atoms with Crippen LogP contribution in [0.4, 0.5) is 10.3 Å². The second-order valence-corrected chi connectivity index (χ2v) is 8.74. The normalized spacial score (nSPS) is 15.7. The Balaban J connectivity index is 1.69. The van der Waals surface area contributed by atoms with Crippen molar-refractivity contribution in [3.05, 3.63) is 82.3 Å². The predicted octanol–water partition coefficient (Wildman–Crippen LogP) is 4.61. The van der Waals surface area contributed by atoms with Crippen LogP contribution < -0.4 is 11.1 Å². The lowest BCUT2D eigenvalue weighted by Gasteiger charge is -2.27. The van der Waals surface area contributed by atoms with Crippen molar-refractivity contribution in [1.82, 2.24) is 14.8 Å². The number of carbonyl (C=O) groups is 1. The summed E-state index contributed by atoms with van der Waals surface area (Å²) in [5, 5.41) is 8.24. The monoisotopic (exact) mass is 437 g/mol. The van der Waals surface area contributed by atoms with E-state index >= 15 is 0 Å². The highest BCUT2D eigenvalue weighted by molar-refractivity contribution is 7.98. The SMILES string of the molecule is CC1=C(C(N)=O)[C@H](c2ccc(C(C)C)cc2)n2nc(SCc3ccccc3F)nc2N1. The van der Waals surface area contributed by atoms with E-state index in [1.54, 1.807) is 29.8 Å². The van der Waals surface area contributed by atoms with Crippen LogP contribution in [0.3, 0.4) is 0 Å². The maximum absolute atomic E-state index is 14.0. The summed E-state index contributed by atoms with van der Waals surface area (Å²) in [7, 11) is 0. The number of thioether (sulfide) groups is 1. The molecule has 3 aromatic rings. The maximum Gasteiger partial charge on any atom is 0.248 e. The number of nitrogens with one attached hydrogen (secondary N) is 1. The van der Waals surface area contributed by atoms with E-state index in [4.69, 9.17) is 5.73 Å². The third-order valence-electron chi connectivity index (χ3n) is 5.33. The number of amides is 1. The molecule has 0 saturated carbocycles. The number of halogens is 1. The second kappa shape index (κ2) is 8.55. The molecule has 0 fully saturated rings. The molecule has 0 bridgehead atoms. The fourth-order valence-corrected chi connectivity index (χ4v) is 4.46. The van der Waals surface area contributed by atoms with Gasteiger partial charge in [0, 0.05) is 11.4 Å². The average molecular weight is 438 g/mol. The van der Waals surface area contributed by atoms with E-state index in [2.05, 4.69) is 41.4 Å². The van der Waals surface area contributed by atoms with Crippen molar-refractivity contribution in [2.24, 2.45) is 5.73 Å². The summed E-state index contributed by atoms with van der Waals surface area (Å²) in [4.78, 5) is 16.9. The number of allylic oxidation sites excluding steroid dienone is 1. The van der Waals surface area contributed by atoms with Crippen LogP contribution >= 0.6 is 11.8 Å². The van der Waals surface area contributed by atoms with Crippen molar-refractivity contribution in [2.45, 2.75) is 43.6 Å². The van der Waals surface area contributed by atoms with Crippen LogP contribution in [0.2, 0.25) is 0 Å². The number of hydrogen-bond acceptors (Lipinski definition) is 5. The fraction of sp³-hybridized carbons (Fsp3) is 0.261. The lowest BCUT2D eigenvalue weighted by molar-refractivity contribution is -0.115. The Morgan fingerprint density at radius 1 is 1.23 bits per heavy atom. The first-order valence-corrected chi connectivity index (χ1v) is 11.0. The molecule has 31 heavy (non-hydrogen) atoms. The lowest BCUT2D eigenvalue weighted by atomic mass is 9.93. The van der Waals surface area contributed by atoms with Crippen molar-refractivity contribution in [3.8, 4) is 0 Å². The molecule has 2 heterocycles. The molecule has 0 spiro atoms. The molecular weight excluding hydrogens is 413 g/mol.